The molecule has 3 atom stereocenters. The molecule has 0 aromatic rings. The van der Waals surface area contributed by atoms with Gasteiger partial charge in [0.25, 0.3) is 0 Å². The van der Waals surface area contributed by atoms with E-state index in [0.29, 0.717) is 6.61 Å². The Morgan fingerprint density at radius 2 is 2.19 bits per heavy atom. The molecule has 92 valence electrons. The van der Waals surface area contributed by atoms with Crippen molar-refractivity contribution in [2.24, 2.45) is 11.8 Å². The monoisotopic (exact) mass is 229 g/mol. The van der Waals surface area contributed by atoms with Gasteiger partial charge in [-0.1, -0.05) is 6.92 Å². The second kappa shape index (κ2) is 5.30. The molecule has 16 heavy (non-hydrogen) atoms. The molecule has 0 aliphatic carbocycles. The molecule has 1 aliphatic heterocycles. The highest BCUT2D eigenvalue weighted by atomic mass is 16.5. The zero-order chi connectivity index (χ0) is 12.3. The highest BCUT2D eigenvalue weighted by Gasteiger charge is 2.33. The van der Waals surface area contributed by atoms with Crippen molar-refractivity contribution in [1.29, 1.82) is 0 Å². The lowest BCUT2D eigenvalue weighted by molar-refractivity contribution is -0.143. The molecule has 3 unspecified atom stereocenters. The van der Waals surface area contributed by atoms with E-state index in [1.165, 1.54) is 4.90 Å². The summed E-state index contributed by atoms with van der Waals surface area (Å²) in [6.07, 6.45) is 0.668. The Morgan fingerprint density at radius 3 is 2.62 bits per heavy atom. The maximum Gasteiger partial charge on any atom is 0.308 e. The van der Waals surface area contributed by atoms with E-state index in [1.54, 1.807) is 14.0 Å². The van der Waals surface area contributed by atoms with Crippen LogP contribution in [0.5, 0.6) is 0 Å². The number of carbonyl (C=O) groups excluding carboxylic acids is 1. The zero-order valence-electron chi connectivity index (χ0n) is 9.97. The summed E-state index contributed by atoms with van der Waals surface area (Å²) in [5.74, 6) is -1.55. The molecule has 0 aromatic heterocycles. The number of carboxylic acid groups (broad SMARTS) is 1. The van der Waals surface area contributed by atoms with Crippen molar-refractivity contribution in [3.8, 4) is 0 Å². The summed E-state index contributed by atoms with van der Waals surface area (Å²) >= 11 is 0. The van der Waals surface area contributed by atoms with E-state index in [-0.39, 0.29) is 24.5 Å². The molecule has 1 saturated heterocycles. The van der Waals surface area contributed by atoms with Gasteiger partial charge in [-0.3, -0.25) is 9.59 Å². The molecule has 5 nitrogen and oxygen atoms in total. The fraction of sp³-hybridized carbons (Fsp3) is 0.818. The van der Waals surface area contributed by atoms with Gasteiger partial charge in [0, 0.05) is 20.2 Å². The van der Waals surface area contributed by atoms with Gasteiger partial charge >= 0.3 is 5.97 Å². The lowest BCUT2D eigenvalue weighted by atomic mass is 10.0. The smallest absolute Gasteiger partial charge is 0.308 e. The minimum absolute atomic E-state index is 0.0156. The molecule has 0 saturated carbocycles. The maximum atomic E-state index is 12.0. The molecule has 1 heterocycles. The predicted molar refractivity (Wildman–Crippen MR) is 58.0 cm³/mol. The number of nitrogens with zero attached hydrogens (tertiary/aromatic N) is 1. The standard InChI is InChI=1S/C11H19NO4/c1-7(11(14)15)6-12(3)10(13)9-4-5-16-8(9)2/h7-9H,4-6H2,1-3H3,(H,14,15). The Balaban J connectivity index is 2.50. The highest BCUT2D eigenvalue weighted by Crippen LogP contribution is 2.22. The van der Waals surface area contributed by atoms with E-state index < -0.39 is 11.9 Å². The van der Waals surface area contributed by atoms with Crippen LogP contribution in [0.3, 0.4) is 0 Å². The first kappa shape index (κ1) is 13.0. The third-order valence-electron chi connectivity index (χ3n) is 3.04. The number of hydrogen-bond donors (Lipinski definition) is 1. The van der Waals surface area contributed by atoms with Crippen molar-refractivity contribution in [1.82, 2.24) is 4.90 Å². The molecular weight excluding hydrogens is 210 g/mol. The number of amides is 1. The molecule has 0 radical (unpaired) electrons. The number of carbonyl (C=O) groups is 2. The molecule has 1 fully saturated rings. The Morgan fingerprint density at radius 1 is 1.56 bits per heavy atom. The normalized spacial score (nSPS) is 26.4. The van der Waals surface area contributed by atoms with E-state index in [9.17, 15) is 9.59 Å². The molecule has 0 bridgehead atoms. The Hall–Kier alpha value is -1.10. The third-order valence-corrected chi connectivity index (χ3v) is 3.04. The van der Waals surface area contributed by atoms with Crippen LogP contribution in [0.15, 0.2) is 0 Å². The first-order valence-corrected chi connectivity index (χ1v) is 5.53. The van der Waals surface area contributed by atoms with Crippen molar-refractivity contribution in [3.05, 3.63) is 0 Å². The molecule has 0 spiro atoms. The van der Waals surface area contributed by atoms with E-state index in [0.717, 1.165) is 6.42 Å². The van der Waals surface area contributed by atoms with Crippen LogP contribution in [-0.4, -0.2) is 48.2 Å². The highest BCUT2D eigenvalue weighted by molar-refractivity contribution is 5.80. The SMILES string of the molecule is CC(CN(C)C(=O)C1CCOC1C)C(=O)O. The van der Waals surface area contributed by atoms with Crippen LogP contribution in [0.4, 0.5) is 0 Å². The van der Waals surface area contributed by atoms with Gasteiger partial charge in [-0.05, 0) is 13.3 Å². The van der Waals surface area contributed by atoms with Crippen LogP contribution in [0, 0.1) is 11.8 Å². The van der Waals surface area contributed by atoms with E-state index in [2.05, 4.69) is 0 Å². The van der Waals surface area contributed by atoms with Crippen LogP contribution in [-0.2, 0) is 14.3 Å². The first-order chi connectivity index (χ1) is 7.43. The topological polar surface area (TPSA) is 66.8 Å². The summed E-state index contributed by atoms with van der Waals surface area (Å²) in [6, 6.07) is 0. The predicted octanol–water partition coefficient (Wildman–Crippen LogP) is 0.591. The largest absolute Gasteiger partial charge is 0.481 e. The van der Waals surface area contributed by atoms with Crippen LogP contribution >= 0.6 is 0 Å². The van der Waals surface area contributed by atoms with Gasteiger partial charge < -0.3 is 14.7 Å². The summed E-state index contributed by atoms with van der Waals surface area (Å²) in [5.41, 5.74) is 0. The number of carboxylic acids is 1. The minimum Gasteiger partial charge on any atom is -0.481 e. The lowest BCUT2D eigenvalue weighted by Crippen LogP contribution is -2.39. The van der Waals surface area contributed by atoms with Gasteiger partial charge in [0.1, 0.15) is 0 Å². The van der Waals surface area contributed by atoms with Crippen LogP contribution < -0.4 is 0 Å². The van der Waals surface area contributed by atoms with E-state index in [4.69, 9.17) is 9.84 Å². The average Bonchev–Trinajstić information content (AvgIpc) is 2.62. The number of rotatable bonds is 4. The fourth-order valence-electron chi connectivity index (χ4n) is 1.92. The minimum atomic E-state index is -0.879. The van der Waals surface area contributed by atoms with Crippen molar-refractivity contribution < 1.29 is 19.4 Å². The van der Waals surface area contributed by atoms with Crippen molar-refractivity contribution in [2.45, 2.75) is 26.4 Å². The quantitative estimate of drug-likeness (QED) is 0.766. The first-order valence-electron chi connectivity index (χ1n) is 5.53. The van der Waals surface area contributed by atoms with Crippen molar-refractivity contribution in [2.75, 3.05) is 20.2 Å². The lowest BCUT2D eigenvalue weighted by Gasteiger charge is -2.24. The third kappa shape index (κ3) is 2.95. The van der Waals surface area contributed by atoms with Crippen LogP contribution in [0.25, 0.3) is 0 Å². The molecule has 0 aromatic carbocycles. The summed E-state index contributed by atoms with van der Waals surface area (Å²) in [7, 11) is 1.65. The zero-order valence-corrected chi connectivity index (χ0v) is 9.97. The van der Waals surface area contributed by atoms with Gasteiger partial charge in [0.15, 0.2) is 0 Å². The summed E-state index contributed by atoms with van der Waals surface area (Å²) in [6.45, 7) is 4.34. The van der Waals surface area contributed by atoms with Crippen molar-refractivity contribution >= 4 is 11.9 Å². The second-order valence-corrected chi connectivity index (χ2v) is 4.43. The maximum absolute atomic E-state index is 12.0. The molecule has 1 amide bonds. The Bertz CT molecular complexity index is 279. The fourth-order valence-corrected chi connectivity index (χ4v) is 1.92. The molecule has 1 rings (SSSR count). The molecule has 1 N–H and O–H groups in total. The molecule has 1 aliphatic rings. The molecular formula is C11H19NO4. The Kier molecular flexibility index (Phi) is 4.29. The van der Waals surface area contributed by atoms with Crippen molar-refractivity contribution in [3.63, 3.8) is 0 Å². The van der Waals surface area contributed by atoms with Gasteiger partial charge in [-0.25, -0.2) is 0 Å². The van der Waals surface area contributed by atoms with Gasteiger partial charge in [0.2, 0.25) is 5.91 Å². The van der Waals surface area contributed by atoms with E-state index >= 15 is 0 Å². The number of hydrogen-bond acceptors (Lipinski definition) is 3. The second-order valence-electron chi connectivity index (χ2n) is 4.43. The summed E-state index contributed by atoms with van der Waals surface area (Å²) in [4.78, 5) is 24.1. The van der Waals surface area contributed by atoms with E-state index in [1.807, 2.05) is 6.92 Å². The van der Waals surface area contributed by atoms with Crippen LogP contribution in [0.2, 0.25) is 0 Å². The summed E-state index contributed by atoms with van der Waals surface area (Å²) < 4.78 is 5.33. The summed E-state index contributed by atoms with van der Waals surface area (Å²) in [5, 5.41) is 8.77. The number of aliphatic carboxylic acids is 1. The number of ether oxygens (including phenoxy) is 1. The van der Waals surface area contributed by atoms with Gasteiger partial charge in [-0.2, -0.15) is 0 Å². The Labute approximate surface area is 95.4 Å². The van der Waals surface area contributed by atoms with Crippen LogP contribution in [0.1, 0.15) is 20.3 Å². The van der Waals surface area contributed by atoms with Gasteiger partial charge in [0.05, 0.1) is 17.9 Å². The van der Waals surface area contributed by atoms with Gasteiger partial charge in [-0.15, -0.1) is 0 Å². The molecule has 5 heteroatoms. The average molecular weight is 229 g/mol.